The second-order valence-electron chi connectivity index (χ2n) is 10.2. The molecule has 0 aliphatic carbocycles. The van der Waals surface area contributed by atoms with Crippen LogP contribution in [0.3, 0.4) is 0 Å². The second kappa shape index (κ2) is 10.9. The van der Waals surface area contributed by atoms with Crippen LogP contribution in [0.4, 0.5) is 0 Å². The lowest BCUT2D eigenvalue weighted by atomic mass is 10.0. The molecule has 1 aromatic heterocycles. The van der Waals surface area contributed by atoms with Gasteiger partial charge < -0.3 is 29.2 Å². The minimum Gasteiger partial charge on any atom is -0.486 e. The Kier molecular flexibility index (Phi) is 7.48. The quantitative estimate of drug-likeness (QED) is 0.533. The van der Waals surface area contributed by atoms with Crippen molar-refractivity contribution in [2.24, 2.45) is 0 Å². The largest absolute Gasteiger partial charge is 0.486 e. The van der Waals surface area contributed by atoms with Crippen molar-refractivity contribution in [3.63, 3.8) is 0 Å². The molecule has 3 aromatic rings. The highest BCUT2D eigenvalue weighted by molar-refractivity contribution is 6.06. The molecule has 1 saturated heterocycles. The standard InChI is InChI=1S/C29H36N4O4/c1-20-4-6-23-24(29(35)31(2)3)18-28(34)33(25(23)16-20)13-12-32-10-8-22(9-11-32)30-19-21-5-7-26-27(17-21)37-15-14-36-26/h4-7,16-18,22,30H,8-15,19H2,1-3H3. The molecule has 0 atom stereocenters. The molecule has 1 N–H and O–H groups in total. The van der Waals surface area contributed by atoms with E-state index in [1.165, 1.54) is 16.5 Å². The number of piperidine rings is 1. The van der Waals surface area contributed by atoms with Gasteiger partial charge in [0, 0.05) is 51.2 Å². The van der Waals surface area contributed by atoms with Gasteiger partial charge >= 0.3 is 0 Å². The number of ether oxygens (including phenoxy) is 2. The van der Waals surface area contributed by atoms with Crippen molar-refractivity contribution in [3.8, 4) is 11.5 Å². The summed E-state index contributed by atoms with van der Waals surface area (Å²) in [6, 6.07) is 14.1. The van der Waals surface area contributed by atoms with Crippen molar-refractivity contribution in [3.05, 3.63) is 69.5 Å². The van der Waals surface area contributed by atoms with Crippen LogP contribution in [-0.2, 0) is 13.1 Å². The second-order valence-corrected chi connectivity index (χ2v) is 10.2. The molecule has 3 heterocycles. The van der Waals surface area contributed by atoms with E-state index in [1.807, 2.05) is 35.8 Å². The third-order valence-corrected chi connectivity index (χ3v) is 7.33. The molecule has 0 spiro atoms. The number of benzene rings is 2. The Bertz CT molecular complexity index is 1340. The highest BCUT2D eigenvalue weighted by Crippen LogP contribution is 2.30. The number of hydrogen-bond acceptors (Lipinski definition) is 6. The zero-order chi connectivity index (χ0) is 25.9. The van der Waals surface area contributed by atoms with Gasteiger partial charge in [-0.15, -0.1) is 0 Å². The maximum Gasteiger partial charge on any atom is 0.254 e. The molecule has 0 saturated carbocycles. The molecule has 8 nitrogen and oxygen atoms in total. The van der Waals surface area contributed by atoms with E-state index in [2.05, 4.69) is 22.3 Å². The molecule has 0 unspecified atom stereocenters. The van der Waals surface area contributed by atoms with Crippen LogP contribution >= 0.6 is 0 Å². The first-order valence-corrected chi connectivity index (χ1v) is 13.1. The van der Waals surface area contributed by atoms with E-state index in [-0.39, 0.29) is 11.5 Å². The van der Waals surface area contributed by atoms with Gasteiger partial charge in [0.05, 0.1) is 11.1 Å². The summed E-state index contributed by atoms with van der Waals surface area (Å²) in [6.45, 7) is 7.40. The monoisotopic (exact) mass is 504 g/mol. The van der Waals surface area contributed by atoms with Crippen molar-refractivity contribution >= 4 is 16.8 Å². The topological polar surface area (TPSA) is 76.0 Å². The van der Waals surface area contributed by atoms with Crippen molar-refractivity contribution in [2.75, 3.05) is 46.9 Å². The minimum atomic E-state index is -0.149. The fourth-order valence-electron chi connectivity index (χ4n) is 5.20. The van der Waals surface area contributed by atoms with Crippen LogP contribution in [0.15, 0.2) is 47.3 Å². The highest BCUT2D eigenvalue weighted by atomic mass is 16.6. The van der Waals surface area contributed by atoms with Crippen molar-refractivity contribution in [2.45, 2.75) is 38.9 Å². The molecule has 5 rings (SSSR count). The summed E-state index contributed by atoms with van der Waals surface area (Å²) >= 11 is 0. The molecular weight excluding hydrogens is 468 g/mol. The smallest absolute Gasteiger partial charge is 0.254 e. The van der Waals surface area contributed by atoms with E-state index in [4.69, 9.17) is 9.47 Å². The number of fused-ring (bicyclic) bond motifs is 2. The zero-order valence-electron chi connectivity index (χ0n) is 22.0. The van der Waals surface area contributed by atoms with E-state index in [9.17, 15) is 9.59 Å². The average molecular weight is 505 g/mol. The summed E-state index contributed by atoms with van der Waals surface area (Å²) in [6.07, 6.45) is 2.13. The fourth-order valence-corrected chi connectivity index (χ4v) is 5.20. The maximum atomic E-state index is 13.1. The maximum absolute atomic E-state index is 13.1. The van der Waals surface area contributed by atoms with Crippen molar-refractivity contribution in [1.82, 2.24) is 19.7 Å². The molecule has 0 bridgehead atoms. The highest BCUT2D eigenvalue weighted by Gasteiger charge is 2.21. The lowest BCUT2D eigenvalue weighted by molar-refractivity contribution is 0.0829. The number of likely N-dealkylation sites (tertiary alicyclic amines) is 1. The van der Waals surface area contributed by atoms with Gasteiger partial charge in [0.2, 0.25) is 0 Å². The van der Waals surface area contributed by atoms with Gasteiger partial charge in [-0.05, 0) is 62.2 Å². The van der Waals surface area contributed by atoms with Gasteiger partial charge in [-0.2, -0.15) is 0 Å². The predicted molar refractivity (Wildman–Crippen MR) is 145 cm³/mol. The number of carbonyl (C=O) groups excluding carboxylic acids is 1. The number of carbonyl (C=O) groups is 1. The number of rotatable bonds is 7. The van der Waals surface area contributed by atoms with Crippen LogP contribution in [0, 0.1) is 6.92 Å². The summed E-state index contributed by atoms with van der Waals surface area (Å²) < 4.78 is 13.1. The van der Waals surface area contributed by atoms with Crippen LogP contribution < -0.4 is 20.3 Å². The molecule has 2 aliphatic heterocycles. The molecular formula is C29H36N4O4. The Morgan fingerprint density at radius 1 is 1.00 bits per heavy atom. The Hall–Kier alpha value is -3.36. The lowest BCUT2D eigenvalue weighted by Gasteiger charge is -2.32. The van der Waals surface area contributed by atoms with Gasteiger partial charge in [0.25, 0.3) is 11.5 Å². The minimum absolute atomic E-state index is 0.126. The summed E-state index contributed by atoms with van der Waals surface area (Å²) in [5, 5.41) is 4.52. The van der Waals surface area contributed by atoms with Crippen molar-refractivity contribution < 1.29 is 14.3 Å². The van der Waals surface area contributed by atoms with E-state index in [1.54, 1.807) is 14.1 Å². The van der Waals surface area contributed by atoms with E-state index >= 15 is 0 Å². The number of pyridine rings is 1. The zero-order valence-corrected chi connectivity index (χ0v) is 22.0. The summed E-state index contributed by atoms with van der Waals surface area (Å²) in [7, 11) is 3.42. The third kappa shape index (κ3) is 5.65. The molecule has 2 aliphatic rings. The SMILES string of the molecule is Cc1ccc2c(C(=O)N(C)C)cc(=O)n(CCN3CCC(NCc4ccc5c(c4)OCCO5)CC3)c2c1. The van der Waals surface area contributed by atoms with Gasteiger partial charge in [0.1, 0.15) is 13.2 Å². The molecule has 2 aromatic carbocycles. The van der Waals surface area contributed by atoms with Crippen LogP contribution in [0.2, 0.25) is 0 Å². The Labute approximate surface area is 217 Å². The van der Waals surface area contributed by atoms with Gasteiger partial charge in [-0.3, -0.25) is 9.59 Å². The number of hydrogen-bond donors (Lipinski definition) is 1. The van der Waals surface area contributed by atoms with Gasteiger partial charge in [-0.1, -0.05) is 18.2 Å². The predicted octanol–water partition coefficient (Wildman–Crippen LogP) is 3.04. The molecule has 8 heteroatoms. The van der Waals surface area contributed by atoms with Crippen LogP contribution in [0.1, 0.15) is 34.3 Å². The molecule has 1 amide bonds. The molecule has 196 valence electrons. The van der Waals surface area contributed by atoms with Crippen LogP contribution in [0.25, 0.3) is 10.9 Å². The van der Waals surface area contributed by atoms with Crippen LogP contribution in [0.5, 0.6) is 11.5 Å². The Morgan fingerprint density at radius 2 is 1.76 bits per heavy atom. The first-order chi connectivity index (χ1) is 17.9. The summed E-state index contributed by atoms with van der Waals surface area (Å²) in [5.74, 6) is 1.51. The number of aryl methyl sites for hydroxylation is 1. The first kappa shape index (κ1) is 25.3. The van der Waals surface area contributed by atoms with Gasteiger partial charge in [0.15, 0.2) is 11.5 Å². The third-order valence-electron chi connectivity index (χ3n) is 7.33. The fraction of sp³-hybridized carbons (Fsp3) is 0.448. The summed E-state index contributed by atoms with van der Waals surface area (Å²) in [4.78, 5) is 29.7. The average Bonchev–Trinajstić information content (AvgIpc) is 2.91. The molecule has 37 heavy (non-hydrogen) atoms. The number of nitrogens with zero attached hydrogens (tertiary/aromatic N) is 3. The van der Waals surface area contributed by atoms with E-state index < -0.39 is 0 Å². The number of aromatic nitrogens is 1. The van der Waals surface area contributed by atoms with Crippen molar-refractivity contribution in [1.29, 1.82) is 0 Å². The summed E-state index contributed by atoms with van der Waals surface area (Å²) in [5.41, 5.74) is 3.43. The molecule has 0 radical (unpaired) electrons. The Balaban J connectivity index is 1.19. The first-order valence-electron chi connectivity index (χ1n) is 13.1. The Morgan fingerprint density at radius 3 is 2.51 bits per heavy atom. The number of amides is 1. The van der Waals surface area contributed by atoms with Crippen LogP contribution in [-0.4, -0.2) is 73.3 Å². The van der Waals surface area contributed by atoms with E-state index in [0.717, 1.165) is 67.0 Å². The number of nitrogens with one attached hydrogen (secondary N) is 1. The van der Waals surface area contributed by atoms with Gasteiger partial charge in [-0.25, -0.2) is 0 Å². The lowest BCUT2D eigenvalue weighted by Crippen LogP contribution is -2.43. The normalized spacial score (nSPS) is 16.2. The molecule has 1 fully saturated rings. The van der Waals surface area contributed by atoms with E-state index in [0.29, 0.717) is 31.4 Å².